The number of benzene rings is 1. The smallest absolute Gasteiger partial charge is 0.0230 e. The average molecular weight is 252 g/mol. The van der Waals surface area contributed by atoms with Gasteiger partial charge in [-0.05, 0) is 29.4 Å². The van der Waals surface area contributed by atoms with Gasteiger partial charge in [-0.2, -0.15) is 0 Å². The van der Waals surface area contributed by atoms with Crippen LogP contribution in [0.4, 0.5) is 0 Å². The Morgan fingerprint density at radius 1 is 0.778 bits per heavy atom. The van der Waals surface area contributed by atoms with E-state index in [0.717, 1.165) is 12.8 Å². The molecule has 1 aromatic rings. The molecule has 0 aliphatic rings. The summed E-state index contributed by atoms with van der Waals surface area (Å²) < 4.78 is 0. The molecular weight excluding hydrogens is 216 g/mol. The monoisotopic (exact) mass is 252 g/mol. The van der Waals surface area contributed by atoms with Gasteiger partial charge in [0.2, 0.25) is 0 Å². The largest absolute Gasteiger partial charge is 0.0776 e. The third kappa shape index (κ3) is 11.7. The summed E-state index contributed by atoms with van der Waals surface area (Å²) in [5.41, 5.74) is 3.27. The lowest BCUT2D eigenvalue weighted by atomic mass is 9.88. The lowest BCUT2D eigenvalue weighted by molar-refractivity contribution is 0.411. The third-order valence-corrected chi connectivity index (χ3v) is 2.17. The van der Waals surface area contributed by atoms with Crippen molar-refractivity contribution in [1.82, 2.24) is 0 Å². The zero-order valence-corrected chi connectivity index (χ0v) is 13.2. The van der Waals surface area contributed by atoms with E-state index in [1.807, 2.05) is 27.7 Å². The molecule has 0 heteroatoms. The van der Waals surface area contributed by atoms with E-state index in [-0.39, 0.29) is 7.43 Å². The van der Waals surface area contributed by atoms with Crippen molar-refractivity contribution in [2.45, 2.75) is 75.7 Å². The Labute approximate surface area is 117 Å². The van der Waals surface area contributed by atoms with Crippen molar-refractivity contribution < 1.29 is 0 Å². The first kappa shape index (κ1) is 22.4. The topological polar surface area (TPSA) is 0 Å². The normalized spacial score (nSPS) is 9.11. The summed E-state index contributed by atoms with van der Waals surface area (Å²) in [6.45, 7) is 17.0. The van der Waals surface area contributed by atoms with Crippen LogP contribution in [-0.2, 0) is 12.8 Å². The second-order valence-corrected chi connectivity index (χ2v) is 4.91. The lowest BCUT2D eigenvalue weighted by Crippen LogP contribution is -2.08. The second kappa shape index (κ2) is 12.7. The zero-order chi connectivity index (χ0) is 13.9. The molecule has 0 unspecified atom stereocenters. The van der Waals surface area contributed by atoms with E-state index in [2.05, 4.69) is 52.0 Å². The molecule has 0 aliphatic carbocycles. The predicted octanol–water partition coefficient (Wildman–Crippen LogP) is 6.53. The van der Waals surface area contributed by atoms with Crippen molar-refractivity contribution in [3.05, 3.63) is 35.4 Å². The highest BCUT2D eigenvalue weighted by atomic mass is 14.2. The van der Waals surface area contributed by atoms with E-state index in [9.17, 15) is 0 Å². The highest BCUT2D eigenvalue weighted by Gasteiger charge is 2.10. The number of aryl methyl sites for hydroxylation is 1. The Morgan fingerprint density at radius 2 is 1.11 bits per heavy atom. The van der Waals surface area contributed by atoms with Crippen molar-refractivity contribution in [3.63, 3.8) is 0 Å². The highest BCUT2D eigenvalue weighted by Crippen LogP contribution is 2.20. The summed E-state index contributed by atoms with van der Waals surface area (Å²) in [6.07, 6.45) is 2.30. The Hall–Kier alpha value is -0.780. The van der Waals surface area contributed by atoms with Crippen LogP contribution in [-0.4, -0.2) is 0 Å². The summed E-state index contributed by atoms with van der Waals surface area (Å²) in [7, 11) is 0. The molecule has 18 heavy (non-hydrogen) atoms. The van der Waals surface area contributed by atoms with Crippen molar-refractivity contribution in [3.8, 4) is 0 Å². The maximum absolute atomic E-state index is 2.28. The van der Waals surface area contributed by atoms with E-state index in [0.29, 0.717) is 5.41 Å². The van der Waals surface area contributed by atoms with Crippen LogP contribution in [0.1, 0.15) is 73.9 Å². The molecule has 0 bridgehead atoms. The molecule has 0 aromatic heterocycles. The maximum atomic E-state index is 2.28. The van der Waals surface area contributed by atoms with Crippen LogP contribution in [0.25, 0.3) is 0 Å². The van der Waals surface area contributed by atoms with E-state index >= 15 is 0 Å². The molecule has 0 nitrogen and oxygen atoms in total. The Balaban J connectivity index is -0.000000409. The molecule has 0 saturated carbocycles. The maximum Gasteiger partial charge on any atom is -0.0230 e. The Morgan fingerprint density at radius 3 is 1.39 bits per heavy atom. The van der Waals surface area contributed by atoms with E-state index in [1.54, 1.807) is 0 Å². The van der Waals surface area contributed by atoms with Crippen LogP contribution >= 0.6 is 0 Å². The van der Waals surface area contributed by atoms with Crippen LogP contribution in [0.15, 0.2) is 24.3 Å². The minimum Gasteiger partial charge on any atom is -0.0776 e. The average Bonchev–Trinajstić information content (AvgIpc) is 2.33. The van der Waals surface area contributed by atoms with Gasteiger partial charge in [-0.1, -0.05) is 87.1 Å². The lowest BCUT2D eigenvalue weighted by Gasteiger charge is -2.18. The molecule has 0 heterocycles. The van der Waals surface area contributed by atoms with Gasteiger partial charge in [-0.15, -0.1) is 0 Å². The Kier molecular flexibility index (Phi) is 15.8. The first-order valence-corrected chi connectivity index (χ1v) is 7.09. The van der Waals surface area contributed by atoms with Gasteiger partial charge in [-0.3, -0.25) is 0 Å². The molecule has 0 aliphatic heterocycles. The number of rotatable bonds is 2. The Bertz CT molecular complexity index is 248. The zero-order valence-electron chi connectivity index (χ0n) is 13.2. The molecule has 0 atom stereocenters. The molecule has 108 valence electrons. The van der Waals surface area contributed by atoms with Gasteiger partial charge >= 0.3 is 0 Å². The highest BCUT2D eigenvalue weighted by molar-refractivity contribution is 5.23. The van der Waals surface area contributed by atoms with Gasteiger partial charge in [-0.25, -0.2) is 0 Å². The molecule has 0 saturated heterocycles. The van der Waals surface area contributed by atoms with Gasteiger partial charge in [0.25, 0.3) is 0 Å². The molecule has 0 spiro atoms. The standard InChI is InChI=1S/C13H20.2C2H6.CH4/c1-5-11-6-8-12(9-7-11)10-13(2,3)4;2*1-2;/h6-9H,5,10H2,1-4H3;2*1-2H3;1H4. The van der Waals surface area contributed by atoms with Gasteiger partial charge in [0, 0.05) is 0 Å². The predicted molar refractivity (Wildman–Crippen MR) is 88.4 cm³/mol. The molecule has 0 N–H and O–H groups in total. The molecule has 1 aromatic carbocycles. The van der Waals surface area contributed by atoms with Gasteiger partial charge < -0.3 is 0 Å². The first-order valence-electron chi connectivity index (χ1n) is 7.09. The summed E-state index contributed by atoms with van der Waals surface area (Å²) >= 11 is 0. The van der Waals surface area contributed by atoms with Crippen molar-refractivity contribution >= 4 is 0 Å². The second-order valence-electron chi connectivity index (χ2n) is 4.91. The van der Waals surface area contributed by atoms with Crippen LogP contribution in [0, 0.1) is 5.41 Å². The molecule has 0 fully saturated rings. The van der Waals surface area contributed by atoms with Crippen molar-refractivity contribution in [2.75, 3.05) is 0 Å². The molecule has 0 radical (unpaired) electrons. The summed E-state index contributed by atoms with van der Waals surface area (Å²) in [5.74, 6) is 0. The first-order chi connectivity index (χ1) is 8.01. The number of hydrogen-bond acceptors (Lipinski definition) is 0. The van der Waals surface area contributed by atoms with Crippen molar-refractivity contribution in [1.29, 1.82) is 0 Å². The fourth-order valence-electron chi connectivity index (χ4n) is 1.51. The van der Waals surface area contributed by atoms with Crippen LogP contribution in [0.5, 0.6) is 0 Å². The summed E-state index contributed by atoms with van der Waals surface area (Å²) in [4.78, 5) is 0. The number of hydrogen-bond donors (Lipinski definition) is 0. The van der Waals surface area contributed by atoms with Gasteiger partial charge in [0.05, 0.1) is 0 Å². The van der Waals surface area contributed by atoms with Crippen molar-refractivity contribution in [2.24, 2.45) is 5.41 Å². The van der Waals surface area contributed by atoms with Gasteiger partial charge in [0.1, 0.15) is 0 Å². The minimum absolute atomic E-state index is 0. The minimum atomic E-state index is 0. The van der Waals surface area contributed by atoms with Crippen LogP contribution in [0.2, 0.25) is 0 Å². The van der Waals surface area contributed by atoms with Gasteiger partial charge in [0.15, 0.2) is 0 Å². The van der Waals surface area contributed by atoms with E-state index < -0.39 is 0 Å². The molecule has 1 rings (SSSR count). The molecule has 0 amide bonds. The third-order valence-electron chi connectivity index (χ3n) is 2.17. The summed E-state index contributed by atoms with van der Waals surface area (Å²) in [6, 6.07) is 8.98. The summed E-state index contributed by atoms with van der Waals surface area (Å²) in [5, 5.41) is 0. The van der Waals surface area contributed by atoms with Crippen LogP contribution < -0.4 is 0 Å². The fraction of sp³-hybridized carbons (Fsp3) is 0.667. The SMILES string of the molecule is C.CC.CC.CCc1ccc(CC(C)(C)C)cc1. The quantitative estimate of drug-likeness (QED) is 0.561. The fourth-order valence-corrected chi connectivity index (χ4v) is 1.51. The van der Waals surface area contributed by atoms with E-state index in [4.69, 9.17) is 0 Å². The van der Waals surface area contributed by atoms with Crippen LogP contribution in [0.3, 0.4) is 0 Å². The van der Waals surface area contributed by atoms with E-state index in [1.165, 1.54) is 11.1 Å². The molecular formula is C18H36.